The van der Waals surface area contributed by atoms with Gasteiger partial charge in [0.15, 0.2) is 0 Å². The van der Waals surface area contributed by atoms with E-state index in [0.717, 1.165) is 27.9 Å². The standard InChI is InChI=1S/C19H14N2/c1-14-10-16(18-7-3-2-6-15(18)13-20)12-17(11-14)19-8-4-5-9-21-19/h2-12H,1H3. The first kappa shape index (κ1) is 13.1. The Balaban J connectivity index is 2.17. The summed E-state index contributed by atoms with van der Waals surface area (Å²) >= 11 is 0. The second kappa shape index (κ2) is 5.60. The fraction of sp³-hybridized carbons (Fsp3) is 0.0526. The van der Waals surface area contributed by atoms with Crippen LogP contribution in [0.4, 0.5) is 0 Å². The molecule has 0 N–H and O–H groups in total. The first-order valence-electron chi connectivity index (χ1n) is 6.80. The van der Waals surface area contributed by atoms with Gasteiger partial charge in [0.2, 0.25) is 0 Å². The summed E-state index contributed by atoms with van der Waals surface area (Å²) in [7, 11) is 0. The average molecular weight is 270 g/mol. The monoisotopic (exact) mass is 270 g/mol. The van der Waals surface area contributed by atoms with Crippen LogP contribution in [0.25, 0.3) is 22.4 Å². The van der Waals surface area contributed by atoms with E-state index in [1.807, 2.05) is 42.5 Å². The summed E-state index contributed by atoms with van der Waals surface area (Å²) in [5.74, 6) is 0. The Morgan fingerprint density at radius 2 is 1.67 bits per heavy atom. The fourth-order valence-electron chi connectivity index (χ4n) is 2.45. The number of nitriles is 1. The van der Waals surface area contributed by atoms with Crippen LogP contribution in [0.15, 0.2) is 66.9 Å². The molecule has 2 heteroatoms. The first-order chi connectivity index (χ1) is 10.3. The molecule has 1 aromatic heterocycles. The van der Waals surface area contributed by atoms with Gasteiger partial charge in [-0.05, 0) is 53.9 Å². The third-order valence-electron chi connectivity index (χ3n) is 3.40. The van der Waals surface area contributed by atoms with Gasteiger partial charge in [0.1, 0.15) is 0 Å². The van der Waals surface area contributed by atoms with Gasteiger partial charge in [0.05, 0.1) is 17.3 Å². The predicted molar refractivity (Wildman–Crippen MR) is 84.6 cm³/mol. The molecule has 0 aliphatic heterocycles. The summed E-state index contributed by atoms with van der Waals surface area (Å²) in [4.78, 5) is 4.40. The molecule has 0 saturated heterocycles. The van der Waals surface area contributed by atoms with E-state index in [0.29, 0.717) is 5.56 Å². The van der Waals surface area contributed by atoms with Crippen LogP contribution < -0.4 is 0 Å². The Morgan fingerprint density at radius 1 is 0.905 bits per heavy atom. The van der Waals surface area contributed by atoms with Gasteiger partial charge in [-0.2, -0.15) is 5.26 Å². The lowest BCUT2D eigenvalue weighted by Crippen LogP contribution is -1.88. The van der Waals surface area contributed by atoms with Crippen molar-refractivity contribution in [2.45, 2.75) is 6.92 Å². The first-order valence-corrected chi connectivity index (χ1v) is 6.80. The van der Waals surface area contributed by atoms with Crippen molar-refractivity contribution in [1.82, 2.24) is 4.98 Å². The minimum absolute atomic E-state index is 0.690. The SMILES string of the molecule is Cc1cc(-c2ccccn2)cc(-c2ccccc2C#N)c1. The van der Waals surface area contributed by atoms with E-state index in [9.17, 15) is 5.26 Å². The number of benzene rings is 2. The molecule has 0 aliphatic carbocycles. The van der Waals surface area contributed by atoms with Crippen LogP contribution in [0.1, 0.15) is 11.1 Å². The van der Waals surface area contributed by atoms with Gasteiger partial charge in [0, 0.05) is 11.8 Å². The summed E-state index contributed by atoms with van der Waals surface area (Å²) in [6.07, 6.45) is 1.79. The number of rotatable bonds is 2. The zero-order valence-corrected chi connectivity index (χ0v) is 11.7. The summed E-state index contributed by atoms with van der Waals surface area (Å²) in [5.41, 5.74) is 5.86. The van der Waals surface area contributed by atoms with Crippen LogP contribution >= 0.6 is 0 Å². The Bertz CT molecular complexity index is 814. The number of hydrogen-bond donors (Lipinski definition) is 0. The topological polar surface area (TPSA) is 36.7 Å². The fourth-order valence-corrected chi connectivity index (χ4v) is 2.45. The minimum atomic E-state index is 0.690. The van der Waals surface area contributed by atoms with E-state index in [-0.39, 0.29) is 0 Å². The molecule has 1 heterocycles. The largest absolute Gasteiger partial charge is 0.256 e. The van der Waals surface area contributed by atoms with Gasteiger partial charge in [-0.25, -0.2) is 0 Å². The Morgan fingerprint density at radius 3 is 2.43 bits per heavy atom. The number of pyridine rings is 1. The molecule has 0 spiro atoms. The number of nitrogens with zero attached hydrogens (tertiary/aromatic N) is 2. The molecular weight excluding hydrogens is 256 g/mol. The Labute approximate surface area is 124 Å². The highest BCUT2D eigenvalue weighted by Crippen LogP contribution is 2.29. The van der Waals surface area contributed by atoms with E-state index in [2.05, 4.69) is 36.2 Å². The third kappa shape index (κ3) is 2.68. The van der Waals surface area contributed by atoms with Crippen molar-refractivity contribution in [2.24, 2.45) is 0 Å². The number of aryl methyl sites for hydroxylation is 1. The molecule has 0 fully saturated rings. The van der Waals surface area contributed by atoms with Gasteiger partial charge >= 0.3 is 0 Å². The van der Waals surface area contributed by atoms with Crippen molar-refractivity contribution >= 4 is 0 Å². The maximum absolute atomic E-state index is 9.27. The molecule has 2 nitrogen and oxygen atoms in total. The molecule has 100 valence electrons. The van der Waals surface area contributed by atoms with Crippen molar-refractivity contribution in [3.63, 3.8) is 0 Å². The summed E-state index contributed by atoms with van der Waals surface area (Å²) in [5, 5.41) is 9.27. The van der Waals surface area contributed by atoms with Gasteiger partial charge < -0.3 is 0 Å². The Hall–Kier alpha value is -2.92. The van der Waals surface area contributed by atoms with Crippen LogP contribution in [-0.4, -0.2) is 4.98 Å². The van der Waals surface area contributed by atoms with Gasteiger partial charge in [-0.15, -0.1) is 0 Å². The van der Waals surface area contributed by atoms with Crippen molar-refractivity contribution in [3.8, 4) is 28.5 Å². The van der Waals surface area contributed by atoms with E-state index >= 15 is 0 Å². The summed E-state index contributed by atoms with van der Waals surface area (Å²) < 4.78 is 0. The van der Waals surface area contributed by atoms with E-state index < -0.39 is 0 Å². The molecule has 3 rings (SSSR count). The minimum Gasteiger partial charge on any atom is -0.256 e. The molecule has 0 unspecified atom stereocenters. The Kier molecular flexibility index (Phi) is 3.49. The highest BCUT2D eigenvalue weighted by Gasteiger charge is 2.07. The van der Waals surface area contributed by atoms with Crippen LogP contribution in [0.2, 0.25) is 0 Å². The van der Waals surface area contributed by atoms with Crippen LogP contribution in [0.5, 0.6) is 0 Å². The van der Waals surface area contributed by atoms with Crippen molar-refractivity contribution in [3.05, 3.63) is 78.0 Å². The van der Waals surface area contributed by atoms with Gasteiger partial charge in [0.25, 0.3) is 0 Å². The molecule has 0 saturated carbocycles. The van der Waals surface area contributed by atoms with E-state index in [1.54, 1.807) is 6.20 Å². The molecule has 2 aromatic carbocycles. The van der Waals surface area contributed by atoms with E-state index in [4.69, 9.17) is 0 Å². The molecule has 0 atom stereocenters. The zero-order valence-electron chi connectivity index (χ0n) is 11.7. The quantitative estimate of drug-likeness (QED) is 0.682. The van der Waals surface area contributed by atoms with Crippen LogP contribution in [0.3, 0.4) is 0 Å². The highest BCUT2D eigenvalue weighted by atomic mass is 14.7. The molecule has 0 amide bonds. The maximum Gasteiger partial charge on any atom is 0.0998 e. The van der Waals surface area contributed by atoms with Crippen molar-refractivity contribution < 1.29 is 0 Å². The normalized spacial score (nSPS) is 10.1. The predicted octanol–water partition coefficient (Wildman–Crippen LogP) is 4.60. The van der Waals surface area contributed by atoms with Crippen molar-refractivity contribution in [1.29, 1.82) is 5.26 Å². The maximum atomic E-state index is 9.27. The summed E-state index contributed by atoms with van der Waals surface area (Å²) in [6.45, 7) is 2.06. The zero-order chi connectivity index (χ0) is 14.7. The highest BCUT2D eigenvalue weighted by molar-refractivity contribution is 5.76. The molecule has 3 aromatic rings. The van der Waals surface area contributed by atoms with Gasteiger partial charge in [-0.1, -0.05) is 30.3 Å². The summed E-state index contributed by atoms with van der Waals surface area (Å²) in [6, 6.07) is 22.1. The lowest BCUT2D eigenvalue weighted by molar-refractivity contribution is 1.32. The third-order valence-corrected chi connectivity index (χ3v) is 3.40. The number of aromatic nitrogens is 1. The van der Waals surface area contributed by atoms with Crippen molar-refractivity contribution in [2.75, 3.05) is 0 Å². The lowest BCUT2D eigenvalue weighted by atomic mass is 9.96. The molecule has 0 bridgehead atoms. The molecule has 0 aliphatic rings. The second-order valence-corrected chi connectivity index (χ2v) is 4.96. The lowest BCUT2D eigenvalue weighted by Gasteiger charge is -2.09. The van der Waals surface area contributed by atoms with Gasteiger partial charge in [-0.3, -0.25) is 4.98 Å². The number of hydrogen-bond acceptors (Lipinski definition) is 2. The van der Waals surface area contributed by atoms with E-state index in [1.165, 1.54) is 0 Å². The molecular formula is C19H14N2. The smallest absolute Gasteiger partial charge is 0.0998 e. The second-order valence-electron chi connectivity index (χ2n) is 4.96. The van der Waals surface area contributed by atoms with Crippen LogP contribution in [0, 0.1) is 18.3 Å². The van der Waals surface area contributed by atoms with Crippen LogP contribution in [-0.2, 0) is 0 Å². The molecule has 0 radical (unpaired) electrons. The molecule has 21 heavy (non-hydrogen) atoms. The average Bonchev–Trinajstić information content (AvgIpc) is 2.55.